The second kappa shape index (κ2) is 6.45. The normalized spacial score (nSPS) is 13.1. The molecule has 0 spiro atoms. The maximum atomic E-state index is 6.13. The third-order valence-corrected chi connectivity index (χ3v) is 3.35. The number of hydrazine groups is 1. The van der Waals surface area contributed by atoms with E-state index in [0.29, 0.717) is 16.0 Å². The second-order valence-electron chi connectivity index (χ2n) is 4.41. The molecule has 0 aliphatic carbocycles. The maximum absolute atomic E-state index is 6.13. The first-order valence-corrected chi connectivity index (χ1v) is 6.19. The summed E-state index contributed by atoms with van der Waals surface area (Å²) in [6.07, 6.45) is 1.81. The Morgan fingerprint density at radius 3 is 2.56 bits per heavy atom. The zero-order valence-electron chi connectivity index (χ0n) is 9.63. The van der Waals surface area contributed by atoms with E-state index < -0.39 is 0 Å². The van der Waals surface area contributed by atoms with Crippen LogP contribution in [0.2, 0.25) is 10.0 Å². The van der Waals surface area contributed by atoms with Crippen LogP contribution in [0.25, 0.3) is 0 Å². The van der Waals surface area contributed by atoms with Crippen LogP contribution in [0.5, 0.6) is 0 Å². The van der Waals surface area contributed by atoms with Gasteiger partial charge < -0.3 is 0 Å². The first-order chi connectivity index (χ1) is 7.54. The maximum Gasteiger partial charge on any atom is 0.0624 e. The Hall–Kier alpha value is -0.280. The third-order valence-electron chi connectivity index (χ3n) is 2.49. The van der Waals surface area contributed by atoms with Gasteiger partial charge in [-0.2, -0.15) is 0 Å². The second-order valence-corrected chi connectivity index (χ2v) is 5.20. The predicted molar refractivity (Wildman–Crippen MR) is 70.7 cm³/mol. The highest BCUT2D eigenvalue weighted by Crippen LogP contribution is 2.27. The summed E-state index contributed by atoms with van der Waals surface area (Å²) in [5, 5.41) is 1.23. The first kappa shape index (κ1) is 13.8. The van der Waals surface area contributed by atoms with Gasteiger partial charge in [-0.25, -0.2) is 0 Å². The van der Waals surface area contributed by atoms with Crippen molar-refractivity contribution < 1.29 is 0 Å². The summed E-state index contributed by atoms with van der Waals surface area (Å²) in [6, 6.07) is 5.92. The molecule has 0 heterocycles. The first-order valence-electron chi connectivity index (χ1n) is 5.43. The van der Waals surface area contributed by atoms with Crippen LogP contribution in [-0.2, 0) is 6.42 Å². The van der Waals surface area contributed by atoms with Gasteiger partial charge in [-0.05, 0) is 30.4 Å². The lowest BCUT2D eigenvalue weighted by atomic mass is 9.98. The van der Waals surface area contributed by atoms with Crippen molar-refractivity contribution in [3.8, 4) is 0 Å². The minimum Gasteiger partial charge on any atom is -0.271 e. The van der Waals surface area contributed by atoms with Crippen LogP contribution in [0.3, 0.4) is 0 Å². The number of rotatable bonds is 5. The van der Waals surface area contributed by atoms with E-state index in [9.17, 15) is 0 Å². The Balaban J connectivity index is 2.74. The highest BCUT2D eigenvalue weighted by molar-refractivity contribution is 6.42. The van der Waals surface area contributed by atoms with Gasteiger partial charge in [0.05, 0.1) is 10.0 Å². The van der Waals surface area contributed by atoms with Crippen LogP contribution >= 0.6 is 23.2 Å². The topological polar surface area (TPSA) is 38.0 Å². The van der Waals surface area contributed by atoms with Crippen molar-refractivity contribution in [2.45, 2.75) is 32.7 Å². The molecule has 16 heavy (non-hydrogen) atoms. The van der Waals surface area contributed by atoms with E-state index in [1.165, 1.54) is 0 Å². The summed E-state index contributed by atoms with van der Waals surface area (Å²) in [6.45, 7) is 4.34. The van der Waals surface area contributed by atoms with Gasteiger partial charge in [-0.3, -0.25) is 11.3 Å². The molecule has 1 atom stereocenters. The van der Waals surface area contributed by atoms with Crippen molar-refractivity contribution in [3.05, 3.63) is 33.8 Å². The SMILES string of the molecule is CC(C)CC(Cc1cccc(Cl)c1Cl)NN. The predicted octanol–water partition coefficient (Wildman–Crippen LogP) is 3.41. The zero-order chi connectivity index (χ0) is 12.1. The molecule has 1 unspecified atom stereocenters. The molecule has 1 aromatic rings. The Labute approximate surface area is 107 Å². The van der Waals surface area contributed by atoms with Gasteiger partial charge in [0.2, 0.25) is 0 Å². The van der Waals surface area contributed by atoms with Gasteiger partial charge in [-0.1, -0.05) is 49.2 Å². The van der Waals surface area contributed by atoms with Gasteiger partial charge in [-0.15, -0.1) is 0 Å². The Morgan fingerprint density at radius 2 is 2.00 bits per heavy atom. The highest BCUT2D eigenvalue weighted by Gasteiger charge is 2.13. The molecule has 90 valence electrons. The lowest BCUT2D eigenvalue weighted by Crippen LogP contribution is -2.37. The summed E-state index contributed by atoms with van der Waals surface area (Å²) in [5.74, 6) is 6.13. The van der Waals surface area contributed by atoms with Crippen LogP contribution in [0.4, 0.5) is 0 Å². The molecule has 0 bridgehead atoms. The monoisotopic (exact) mass is 260 g/mol. The summed E-state index contributed by atoms with van der Waals surface area (Å²) in [5.41, 5.74) is 3.87. The lowest BCUT2D eigenvalue weighted by Gasteiger charge is -2.18. The standard InChI is InChI=1S/C12H18Cl2N2/c1-8(2)6-10(16-15)7-9-4-3-5-11(13)12(9)14/h3-5,8,10,16H,6-7,15H2,1-2H3. The van der Waals surface area contributed by atoms with Crippen molar-refractivity contribution in [3.63, 3.8) is 0 Å². The molecular formula is C12H18Cl2N2. The summed E-state index contributed by atoms with van der Waals surface area (Å²) < 4.78 is 0. The number of hydrogen-bond donors (Lipinski definition) is 2. The molecule has 3 N–H and O–H groups in total. The van der Waals surface area contributed by atoms with Crippen molar-refractivity contribution in [1.29, 1.82) is 0 Å². The number of hydrogen-bond acceptors (Lipinski definition) is 2. The van der Waals surface area contributed by atoms with Crippen LogP contribution in [-0.4, -0.2) is 6.04 Å². The molecule has 2 nitrogen and oxygen atoms in total. The number of halogens is 2. The Morgan fingerprint density at radius 1 is 1.31 bits per heavy atom. The molecule has 0 aromatic heterocycles. The molecule has 1 aromatic carbocycles. The minimum atomic E-state index is 0.232. The number of benzene rings is 1. The molecule has 0 radical (unpaired) electrons. The Bertz CT molecular complexity index is 340. The highest BCUT2D eigenvalue weighted by atomic mass is 35.5. The summed E-state index contributed by atoms with van der Waals surface area (Å²) in [7, 11) is 0. The van der Waals surface area contributed by atoms with E-state index in [-0.39, 0.29) is 6.04 Å². The van der Waals surface area contributed by atoms with Crippen molar-refractivity contribution in [2.75, 3.05) is 0 Å². The zero-order valence-corrected chi connectivity index (χ0v) is 11.1. The smallest absolute Gasteiger partial charge is 0.0624 e. The van der Waals surface area contributed by atoms with E-state index >= 15 is 0 Å². The fourth-order valence-electron chi connectivity index (χ4n) is 1.75. The molecule has 0 aliphatic heterocycles. The minimum absolute atomic E-state index is 0.232. The van der Waals surface area contributed by atoms with E-state index in [1.807, 2.05) is 12.1 Å². The van der Waals surface area contributed by atoms with E-state index in [4.69, 9.17) is 29.0 Å². The molecule has 4 heteroatoms. The summed E-state index contributed by atoms with van der Waals surface area (Å²) >= 11 is 12.1. The number of nitrogens with one attached hydrogen (secondary N) is 1. The molecule has 0 saturated heterocycles. The van der Waals surface area contributed by atoms with E-state index in [1.54, 1.807) is 6.07 Å². The van der Waals surface area contributed by atoms with Gasteiger partial charge in [0.25, 0.3) is 0 Å². The quantitative estimate of drug-likeness (QED) is 0.629. The fraction of sp³-hybridized carbons (Fsp3) is 0.500. The molecule has 1 rings (SSSR count). The molecule has 0 amide bonds. The lowest BCUT2D eigenvalue weighted by molar-refractivity contribution is 0.423. The Kier molecular flexibility index (Phi) is 5.56. The van der Waals surface area contributed by atoms with Crippen LogP contribution in [0.1, 0.15) is 25.8 Å². The van der Waals surface area contributed by atoms with Gasteiger partial charge in [0, 0.05) is 6.04 Å². The fourth-order valence-corrected chi connectivity index (χ4v) is 2.15. The van der Waals surface area contributed by atoms with Gasteiger partial charge in [0.1, 0.15) is 0 Å². The largest absolute Gasteiger partial charge is 0.271 e. The van der Waals surface area contributed by atoms with Gasteiger partial charge in [0.15, 0.2) is 0 Å². The van der Waals surface area contributed by atoms with Crippen LogP contribution < -0.4 is 11.3 Å². The van der Waals surface area contributed by atoms with E-state index in [0.717, 1.165) is 18.4 Å². The summed E-state index contributed by atoms with van der Waals surface area (Å²) in [4.78, 5) is 0. The van der Waals surface area contributed by atoms with Gasteiger partial charge >= 0.3 is 0 Å². The number of nitrogens with two attached hydrogens (primary N) is 1. The van der Waals surface area contributed by atoms with Crippen molar-refractivity contribution >= 4 is 23.2 Å². The van der Waals surface area contributed by atoms with Crippen LogP contribution in [0, 0.1) is 5.92 Å². The van der Waals surface area contributed by atoms with E-state index in [2.05, 4.69) is 19.3 Å². The average Bonchev–Trinajstić information content (AvgIpc) is 2.23. The molecular weight excluding hydrogens is 243 g/mol. The molecule has 0 fully saturated rings. The third kappa shape index (κ3) is 3.95. The average molecular weight is 261 g/mol. The molecule has 0 aliphatic rings. The van der Waals surface area contributed by atoms with Crippen molar-refractivity contribution in [1.82, 2.24) is 5.43 Å². The molecule has 0 saturated carbocycles. The van der Waals surface area contributed by atoms with Crippen molar-refractivity contribution in [2.24, 2.45) is 11.8 Å². The van der Waals surface area contributed by atoms with Crippen LogP contribution in [0.15, 0.2) is 18.2 Å².